The van der Waals surface area contributed by atoms with E-state index in [1.807, 2.05) is 28.7 Å². The normalized spacial score (nSPS) is 15.5. The molecule has 1 aromatic carbocycles. The van der Waals surface area contributed by atoms with Crippen molar-refractivity contribution in [3.8, 4) is 0 Å². The summed E-state index contributed by atoms with van der Waals surface area (Å²) in [6.07, 6.45) is 1.95. The molecular formula is C15H16N6O2S. The second-order valence-electron chi connectivity index (χ2n) is 5.76. The Morgan fingerprint density at radius 1 is 1.38 bits per heavy atom. The molecule has 0 radical (unpaired) electrons. The summed E-state index contributed by atoms with van der Waals surface area (Å²) in [4.78, 5) is 28.3. The van der Waals surface area contributed by atoms with Crippen molar-refractivity contribution < 1.29 is 9.59 Å². The van der Waals surface area contributed by atoms with E-state index in [2.05, 4.69) is 25.8 Å². The first-order valence-electron chi connectivity index (χ1n) is 7.71. The number of aromatic amines is 1. The van der Waals surface area contributed by atoms with Gasteiger partial charge in [-0.15, -0.1) is 5.10 Å². The van der Waals surface area contributed by atoms with Crippen LogP contribution < -0.4 is 10.6 Å². The number of imidazole rings is 1. The highest BCUT2D eigenvalue weighted by molar-refractivity contribution is 8.00. The lowest BCUT2D eigenvalue weighted by atomic mass is 10.3. The number of amides is 3. The van der Waals surface area contributed by atoms with Crippen molar-refractivity contribution in [1.29, 1.82) is 0 Å². The zero-order valence-corrected chi connectivity index (χ0v) is 13.8. The van der Waals surface area contributed by atoms with Gasteiger partial charge >= 0.3 is 6.03 Å². The molecule has 8 nitrogen and oxygen atoms in total. The van der Waals surface area contributed by atoms with E-state index in [1.54, 1.807) is 6.92 Å². The van der Waals surface area contributed by atoms with Gasteiger partial charge in [0.25, 0.3) is 0 Å². The molecule has 0 saturated heterocycles. The Hall–Kier alpha value is -2.55. The lowest BCUT2D eigenvalue weighted by molar-refractivity contribution is -0.119. The maximum atomic E-state index is 12.2. The van der Waals surface area contributed by atoms with Crippen molar-refractivity contribution in [1.82, 2.24) is 30.2 Å². The molecule has 1 fully saturated rings. The number of para-hydroxylation sites is 2. The number of benzene rings is 1. The predicted octanol–water partition coefficient (Wildman–Crippen LogP) is 1.68. The van der Waals surface area contributed by atoms with Gasteiger partial charge in [0.1, 0.15) is 0 Å². The summed E-state index contributed by atoms with van der Waals surface area (Å²) in [5, 5.41) is 12.4. The highest BCUT2D eigenvalue weighted by Crippen LogP contribution is 2.26. The van der Waals surface area contributed by atoms with E-state index in [1.165, 1.54) is 11.8 Å². The van der Waals surface area contributed by atoms with E-state index in [0.29, 0.717) is 10.9 Å². The standard InChI is InChI=1S/C15H16N6O2S/c1-8(12(22)18-14(23)16-9-6-7-9)24-15-20-19-13-17-10-4-2-3-5-11(10)21(13)15/h2-5,8-9H,6-7H2,1H3,(H,17,19)(H2,16,18,22,23)/t8-/m0/s1. The summed E-state index contributed by atoms with van der Waals surface area (Å²) < 4.78 is 1.87. The summed E-state index contributed by atoms with van der Waals surface area (Å²) in [5.41, 5.74) is 1.77. The van der Waals surface area contributed by atoms with Crippen LogP contribution in [0.5, 0.6) is 0 Å². The number of hydrogen-bond acceptors (Lipinski definition) is 5. The van der Waals surface area contributed by atoms with Crippen LogP contribution in [0.1, 0.15) is 19.8 Å². The van der Waals surface area contributed by atoms with E-state index in [4.69, 9.17) is 0 Å². The van der Waals surface area contributed by atoms with Crippen molar-refractivity contribution >= 4 is 40.5 Å². The summed E-state index contributed by atoms with van der Waals surface area (Å²) in [6.45, 7) is 1.74. The molecule has 0 spiro atoms. The molecule has 3 N–H and O–H groups in total. The van der Waals surface area contributed by atoms with Gasteiger partial charge < -0.3 is 5.32 Å². The van der Waals surface area contributed by atoms with Gasteiger partial charge in [-0.1, -0.05) is 23.9 Å². The monoisotopic (exact) mass is 344 g/mol. The molecule has 1 saturated carbocycles. The molecule has 4 rings (SSSR count). The zero-order valence-electron chi connectivity index (χ0n) is 12.9. The van der Waals surface area contributed by atoms with Crippen LogP contribution >= 0.6 is 11.8 Å². The number of carbonyl (C=O) groups is 2. The number of H-pyrrole nitrogens is 1. The number of nitrogens with one attached hydrogen (secondary N) is 3. The van der Waals surface area contributed by atoms with Gasteiger partial charge in [-0.25, -0.2) is 14.9 Å². The minimum Gasteiger partial charge on any atom is -0.335 e. The van der Waals surface area contributed by atoms with Crippen molar-refractivity contribution in [3.05, 3.63) is 24.3 Å². The molecule has 1 atom stereocenters. The first-order valence-corrected chi connectivity index (χ1v) is 8.59. The molecule has 24 heavy (non-hydrogen) atoms. The Morgan fingerprint density at radius 2 is 2.17 bits per heavy atom. The molecule has 124 valence electrons. The molecule has 3 amide bonds. The van der Waals surface area contributed by atoms with Crippen LogP contribution in [0.3, 0.4) is 0 Å². The van der Waals surface area contributed by atoms with Gasteiger partial charge in [0.15, 0.2) is 5.16 Å². The van der Waals surface area contributed by atoms with E-state index in [9.17, 15) is 9.59 Å². The minimum atomic E-state index is -0.470. The van der Waals surface area contributed by atoms with Gasteiger partial charge in [0.2, 0.25) is 11.7 Å². The molecule has 3 aromatic rings. The Kier molecular flexibility index (Phi) is 3.64. The van der Waals surface area contributed by atoms with Gasteiger partial charge in [0, 0.05) is 6.04 Å². The third-order valence-corrected chi connectivity index (χ3v) is 4.86. The van der Waals surface area contributed by atoms with Crippen LogP contribution in [0.15, 0.2) is 29.4 Å². The molecule has 0 unspecified atom stereocenters. The average Bonchev–Trinajstić information content (AvgIpc) is 3.16. The molecule has 2 heterocycles. The Morgan fingerprint density at radius 3 is 2.96 bits per heavy atom. The summed E-state index contributed by atoms with van der Waals surface area (Å²) >= 11 is 1.27. The fraction of sp³-hybridized carbons (Fsp3) is 0.333. The topological polar surface area (TPSA) is 104 Å². The van der Waals surface area contributed by atoms with Gasteiger partial charge in [-0.05, 0) is 31.9 Å². The second kappa shape index (κ2) is 5.82. The van der Waals surface area contributed by atoms with E-state index < -0.39 is 11.3 Å². The molecular weight excluding hydrogens is 328 g/mol. The number of hydrogen-bond donors (Lipinski definition) is 3. The number of urea groups is 1. The lowest BCUT2D eigenvalue weighted by Crippen LogP contribution is -2.43. The number of imide groups is 1. The molecule has 1 aliphatic rings. The predicted molar refractivity (Wildman–Crippen MR) is 89.9 cm³/mol. The SMILES string of the molecule is C[C@H](Sc1n[nH]c2nc3ccccc3n12)C(=O)NC(=O)NC1CC1. The van der Waals surface area contributed by atoms with E-state index in [0.717, 1.165) is 23.9 Å². The Bertz CT molecular complexity index is 928. The number of fused-ring (bicyclic) bond motifs is 3. The smallest absolute Gasteiger partial charge is 0.321 e. The van der Waals surface area contributed by atoms with Crippen LogP contribution in [-0.2, 0) is 4.79 Å². The molecule has 0 bridgehead atoms. The minimum absolute atomic E-state index is 0.212. The zero-order chi connectivity index (χ0) is 16.7. The molecule has 9 heteroatoms. The van der Waals surface area contributed by atoms with Crippen LogP contribution in [-0.4, -0.2) is 42.8 Å². The van der Waals surface area contributed by atoms with Crippen molar-refractivity contribution in [3.63, 3.8) is 0 Å². The average molecular weight is 344 g/mol. The third kappa shape index (κ3) is 2.82. The summed E-state index contributed by atoms with van der Waals surface area (Å²) in [6, 6.07) is 7.49. The first-order chi connectivity index (χ1) is 11.6. The highest BCUT2D eigenvalue weighted by atomic mass is 32.2. The second-order valence-corrected chi connectivity index (χ2v) is 7.07. The highest BCUT2D eigenvalue weighted by Gasteiger charge is 2.26. The van der Waals surface area contributed by atoms with Gasteiger partial charge in [-0.2, -0.15) is 0 Å². The van der Waals surface area contributed by atoms with Crippen LogP contribution in [0.25, 0.3) is 16.8 Å². The van der Waals surface area contributed by atoms with Crippen LogP contribution in [0.4, 0.5) is 4.79 Å². The quantitative estimate of drug-likeness (QED) is 0.625. The van der Waals surface area contributed by atoms with Crippen molar-refractivity contribution in [2.45, 2.75) is 36.2 Å². The lowest BCUT2D eigenvalue weighted by Gasteiger charge is -2.10. The third-order valence-electron chi connectivity index (χ3n) is 3.80. The van der Waals surface area contributed by atoms with Crippen molar-refractivity contribution in [2.75, 3.05) is 0 Å². The summed E-state index contributed by atoms with van der Waals surface area (Å²) in [7, 11) is 0. The van der Waals surface area contributed by atoms with Gasteiger partial charge in [-0.3, -0.25) is 14.5 Å². The van der Waals surface area contributed by atoms with Crippen LogP contribution in [0, 0.1) is 0 Å². The first kappa shape index (κ1) is 15.0. The number of rotatable bonds is 4. The molecule has 1 aliphatic carbocycles. The molecule has 0 aliphatic heterocycles. The molecule has 2 aromatic heterocycles. The van der Waals surface area contributed by atoms with Gasteiger partial charge in [0.05, 0.1) is 16.3 Å². The van der Waals surface area contributed by atoms with Crippen LogP contribution in [0.2, 0.25) is 0 Å². The number of nitrogens with zero attached hydrogens (tertiary/aromatic N) is 3. The van der Waals surface area contributed by atoms with E-state index >= 15 is 0 Å². The Labute approximate surface area is 141 Å². The number of thioether (sulfide) groups is 1. The fourth-order valence-corrected chi connectivity index (χ4v) is 3.27. The maximum Gasteiger partial charge on any atom is 0.321 e. The number of aromatic nitrogens is 4. The maximum absolute atomic E-state index is 12.2. The Balaban J connectivity index is 1.50. The summed E-state index contributed by atoms with van der Waals surface area (Å²) in [5.74, 6) is 0.275. The van der Waals surface area contributed by atoms with E-state index in [-0.39, 0.29) is 11.9 Å². The van der Waals surface area contributed by atoms with Crippen molar-refractivity contribution in [2.24, 2.45) is 0 Å². The fourth-order valence-electron chi connectivity index (χ4n) is 2.40. The number of carbonyl (C=O) groups excluding carboxylic acids is 2. The largest absolute Gasteiger partial charge is 0.335 e.